The number of hydrogen-bond donors (Lipinski definition) is 2. The molecule has 0 atom stereocenters. The maximum Gasteiger partial charge on any atom is 0.197 e. The van der Waals surface area contributed by atoms with Gasteiger partial charge in [0.25, 0.3) is 0 Å². The first-order valence-electron chi connectivity index (χ1n) is 6.60. The highest BCUT2D eigenvalue weighted by atomic mass is 28.3. The van der Waals surface area contributed by atoms with Gasteiger partial charge in [0.1, 0.15) is 0 Å². The van der Waals surface area contributed by atoms with Crippen molar-refractivity contribution < 1.29 is 4.79 Å². The van der Waals surface area contributed by atoms with Gasteiger partial charge in [-0.05, 0) is 23.4 Å². The van der Waals surface area contributed by atoms with Gasteiger partial charge in [-0.3, -0.25) is 4.79 Å². The fraction of sp³-hybridized carbons (Fsp3) is 0.188. The summed E-state index contributed by atoms with van der Waals surface area (Å²) < 4.78 is 0. The van der Waals surface area contributed by atoms with Gasteiger partial charge >= 0.3 is 0 Å². The predicted molar refractivity (Wildman–Crippen MR) is 88.1 cm³/mol. The van der Waals surface area contributed by atoms with Gasteiger partial charge in [-0.1, -0.05) is 43.9 Å². The average molecular weight is 284 g/mol. The number of nitrogens with two attached hydrogens (primary N) is 2. The second-order valence-electron chi connectivity index (χ2n) is 5.93. The topological polar surface area (TPSA) is 69.1 Å². The van der Waals surface area contributed by atoms with Crippen molar-refractivity contribution in [3.05, 3.63) is 53.6 Å². The number of benzene rings is 2. The van der Waals surface area contributed by atoms with E-state index >= 15 is 0 Å². The van der Waals surface area contributed by atoms with Crippen molar-refractivity contribution >= 4 is 30.4 Å². The number of hydrogen-bond acceptors (Lipinski definition) is 3. The van der Waals surface area contributed by atoms with Crippen molar-refractivity contribution in [3.63, 3.8) is 0 Å². The van der Waals surface area contributed by atoms with E-state index in [-0.39, 0.29) is 5.78 Å². The highest BCUT2D eigenvalue weighted by Crippen LogP contribution is 2.21. The molecule has 20 heavy (non-hydrogen) atoms. The van der Waals surface area contributed by atoms with E-state index in [1.807, 2.05) is 24.3 Å². The molecule has 0 amide bonds. The van der Waals surface area contributed by atoms with E-state index in [2.05, 4.69) is 19.6 Å². The molecule has 4 heteroatoms. The number of carbonyl (C=O) groups excluding carboxylic acids is 1. The molecule has 0 aliphatic heterocycles. The number of para-hydroxylation sites is 2. The van der Waals surface area contributed by atoms with E-state index in [1.165, 1.54) is 0 Å². The largest absolute Gasteiger partial charge is 0.398 e. The van der Waals surface area contributed by atoms with E-state index in [4.69, 9.17) is 11.5 Å². The zero-order chi connectivity index (χ0) is 14.9. The Morgan fingerprint density at radius 3 is 2.10 bits per heavy atom. The molecule has 0 saturated carbocycles. The van der Waals surface area contributed by atoms with Crippen LogP contribution in [0.5, 0.6) is 0 Å². The van der Waals surface area contributed by atoms with E-state index in [9.17, 15) is 4.79 Å². The smallest absolute Gasteiger partial charge is 0.197 e. The molecule has 0 radical (unpaired) electrons. The molecule has 4 N–H and O–H groups in total. The lowest BCUT2D eigenvalue weighted by Gasteiger charge is -2.20. The average Bonchev–Trinajstić information content (AvgIpc) is 2.37. The minimum absolute atomic E-state index is 0.110. The van der Waals surface area contributed by atoms with Gasteiger partial charge in [-0.2, -0.15) is 0 Å². The van der Waals surface area contributed by atoms with E-state index < -0.39 is 8.07 Å². The van der Waals surface area contributed by atoms with Crippen LogP contribution >= 0.6 is 0 Å². The molecule has 3 nitrogen and oxygen atoms in total. The molecule has 104 valence electrons. The second kappa shape index (κ2) is 5.13. The molecule has 0 aliphatic carbocycles. The minimum Gasteiger partial charge on any atom is -0.398 e. The van der Waals surface area contributed by atoms with Crippen LogP contribution in [0.4, 0.5) is 11.4 Å². The van der Waals surface area contributed by atoms with Gasteiger partial charge in [-0.25, -0.2) is 0 Å². The molecule has 0 bridgehead atoms. The Labute approximate surface area is 120 Å². The van der Waals surface area contributed by atoms with Crippen LogP contribution in [-0.2, 0) is 0 Å². The van der Waals surface area contributed by atoms with Crippen LogP contribution in [0.25, 0.3) is 0 Å². The first-order chi connectivity index (χ1) is 9.32. The van der Waals surface area contributed by atoms with Crippen molar-refractivity contribution in [2.24, 2.45) is 0 Å². The maximum absolute atomic E-state index is 12.6. The molecule has 2 aromatic carbocycles. The van der Waals surface area contributed by atoms with Crippen LogP contribution in [0, 0.1) is 0 Å². The van der Waals surface area contributed by atoms with E-state index in [1.54, 1.807) is 18.2 Å². The monoisotopic (exact) mass is 284 g/mol. The first-order valence-corrected chi connectivity index (χ1v) is 10.1. The molecule has 2 aromatic rings. The lowest BCUT2D eigenvalue weighted by molar-refractivity contribution is 0.104. The summed E-state index contributed by atoms with van der Waals surface area (Å²) in [6.07, 6.45) is 0. The zero-order valence-corrected chi connectivity index (χ0v) is 13.1. The molecule has 0 unspecified atom stereocenters. The molecular weight excluding hydrogens is 264 g/mol. The number of ketones is 1. The molecule has 0 aliphatic rings. The normalized spacial score (nSPS) is 11.3. The van der Waals surface area contributed by atoms with Crippen molar-refractivity contribution in [3.8, 4) is 0 Å². The maximum atomic E-state index is 12.6. The Morgan fingerprint density at radius 1 is 0.900 bits per heavy atom. The Balaban J connectivity index is 2.55. The van der Waals surface area contributed by atoms with Gasteiger partial charge in [0.2, 0.25) is 0 Å². The van der Waals surface area contributed by atoms with Crippen LogP contribution in [0.3, 0.4) is 0 Å². The molecule has 0 spiro atoms. The summed E-state index contributed by atoms with van der Waals surface area (Å²) in [5.41, 5.74) is 14.2. The molecule has 0 heterocycles. The predicted octanol–water partition coefficient (Wildman–Crippen LogP) is 2.63. The highest BCUT2D eigenvalue weighted by Gasteiger charge is 2.23. The quantitative estimate of drug-likeness (QED) is 0.517. The summed E-state index contributed by atoms with van der Waals surface area (Å²) >= 11 is 0. The van der Waals surface area contributed by atoms with Gasteiger partial charge in [0.15, 0.2) is 5.78 Å². The summed E-state index contributed by atoms with van der Waals surface area (Å²) in [6.45, 7) is 6.64. The summed E-state index contributed by atoms with van der Waals surface area (Å²) in [7, 11) is -1.58. The molecule has 0 fully saturated rings. The third-order valence-electron chi connectivity index (χ3n) is 3.36. The Kier molecular flexibility index (Phi) is 3.68. The van der Waals surface area contributed by atoms with Crippen molar-refractivity contribution in [2.75, 3.05) is 11.5 Å². The number of anilines is 2. The van der Waals surface area contributed by atoms with Crippen molar-refractivity contribution in [1.82, 2.24) is 0 Å². The van der Waals surface area contributed by atoms with Gasteiger partial charge < -0.3 is 11.5 Å². The lowest BCUT2D eigenvalue weighted by atomic mass is 10.0. The highest BCUT2D eigenvalue weighted by molar-refractivity contribution is 6.89. The Morgan fingerprint density at radius 2 is 1.50 bits per heavy atom. The van der Waals surface area contributed by atoms with Gasteiger partial charge in [-0.15, -0.1) is 0 Å². The summed E-state index contributed by atoms with van der Waals surface area (Å²) in [6, 6.07) is 12.8. The third-order valence-corrected chi connectivity index (χ3v) is 5.42. The number of nitrogen functional groups attached to an aromatic ring is 2. The summed E-state index contributed by atoms with van der Waals surface area (Å²) in [4.78, 5) is 12.6. The van der Waals surface area contributed by atoms with Crippen molar-refractivity contribution in [2.45, 2.75) is 19.6 Å². The number of rotatable bonds is 3. The Hall–Kier alpha value is -2.07. The van der Waals surface area contributed by atoms with Crippen LogP contribution in [0.15, 0.2) is 42.5 Å². The van der Waals surface area contributed by atoms with Crippen LogP contribution in [0.2, 0.25) is 19.6 Å². The van der Waals surface area contributed by atoms with E-state index in [0.29, 0.717) is 22.5 Å². The molecular formula is C16H20N2OSi. The summed E-state index contributed by atoms with van der Waals surface area (Å²) in [5.74, 6) is -0.110. The summed E-state index contributed by atoms with van der Waals surface area (Å²) in [5, 5.41) is 1.11. The zero-order valence-electron chi connectivity index (χ0n) is 12.1. The van der Waals surface area contributed by atoms with E-state index in [0.717, 1.165) is 5.19 Å². The molecule has 0 saturated heterocycles. The minimum atomic E-state index is -1.58. The second-order valence-corrected chi connectivity index (χ2v) is 11.0. The van der Waals surface area contributed by atoms with Crippen LogP contribution < -0.4 is 16.7 Å². The van der Waals surface area contributed by atoms with Gasteiger partial charge in [0, 0.05) is 22.5 Å². The van der Waals surface area contributed by atoms with Crippen LogP contribution in [0.1, 0.15) is 15.9 Å². The fourth-order valence-corrected chi connectivity index (χ4v) is 3.80. The fourth-order valence-electron chi connectivity index (χ4n) is 2.27. The molecule has 0 aromatic heterocycles. The van der Waals surface area contributed by atoms with Crippen LogP contribution in [-0.4, -0.2) is 13.9 Å². The first kappa shape index (κ1) is 14.3. The standard InChI is InChI=1S/C16H20N2OSi/c1-20(2,3)14-10-6-8-12(15(14)18)16(19)11-7-4-5-9-13(11)17/h4-10H,17-18H2,1-3H3. The van der Waals surface area contributed by atoms with Gasteiger partial charge in [0.05, 0.1) is 8.07 Å². The number of carbonyl (C=O) groups is 1. The third kappa shape index (κ3) is 2.60. The van der Waals surface area contributed by atoms with Crippen molar-refractivity contribution in [1.29, 1.82) is 0 Å². The molecule has 2 rings (SSSR count). The lowest BCUT2D eigenvalue weighted by Crippen LogP contribution is -2.40. The SMILES string of the molecule is C[Si](C)(C)c1cccc(C(=O)c2ccccc2N)c1N. The Bertz CT molecular complexity index is 660.